The zero-order valence-electron chi connectivity index (χ0n) is 12.2. The van der Waals surface area contributed by atoms with Crippen molar-refractivity contribution in [2.24, 2.45) is 0 Å². The summed E-state index contributed by atoms with van der Waals surface area (Å²) in [5, 5.41) is 4.32. The van der Waals surface area contributed by atoms with Gasteiger partial charge in [0.1, 0.15) is 11.6 Å². The van der Waals surface area contributed by atoms with Gasteiger partial charge in [0, 0.05) is 17.0 Å². The Morgan fingerprint density at radius 1 is 1.27 bits per heavy atom. The lowest BCUT2D eigenvalue weighted by atomic mass is 10.2. The van der Waals surface area contributed by atoms with Gasteiger partial charge in [0.15, 0.2) is 0 Å². The Morgan fingerprint density at radius 2 is 1.95 bits per heavy atom. The number of benzene rings is 1. The Kier molecular flexibility index (Phi) is 5.76. The molecule has 1 aromatic carbocycles. The van der Waals surface area contributed by atoms with E-state index in [1.54, 1.807) is 6.92 Å². The molecular weight excluding hydrogens is 310 g/mol. The maximum absolute atomic E-state index is 13.5. The van der Waals surface area contributed by atoms with Crippen LogP contribution in [0.2, 0.25) is 0 Å². The molecule has 0 heterocycles. The fourth-order valence-electron chi connectivity index (χ4n) is 2.32. The van der Waals surface area contributed by atoms with Crippen molar-refractivity contribution >= 4 is 23.7 Å². The number of carbonyl (C=O) groups excluding carboxylic acids is 2. The summed E-state index contributed by atoms with van der Waals surface area (Å²) in [4.78, 5) is 23.8. The summed E-state index contributed by atoms with van der Waals surface area (Å²) in [5.74, 6) is -1.90. The molecule has 22 heavy (non-hydrogen) atoms. The monoisotopic (exact) mass is 328 g/mol. The second-order valence-electron chi connectivity index (χ2n) is 5.28. The van der Waals surface area contributed by atoms with Crippen LogP contribution in [0.1, 0.15) is 32.6 Å². The molecule has 1 atom stereocenters. The number of halogens is 2. The summed E-state index contributed by atoms with van der Waals surface area (Å²) >= 11 is 0.938. The summed E-state index contributed by atoms with van der Waals surface area (Å²) in [7, 11) is 0. The van der Waals surface area contributed by atoms with Gasteiger partial charge in [0.2, 0.25) is 5.91 Å². The van der Waals surface area contributed by atoms with Crippen LogP contribution in [0.3, 0.4) is 0 Å². The lowest BCUT2D eigenvalue weighted by Crippen LogP contribution is -2.45. The summed E-state index contributed by atoms with van der Waals surface area (Å²) in [6, 6.07) is 2.76. The van der Waals surface area contributed by atoms with E-state index in [4.69, 9.17) is 0 Å². The number of hydrogen-bond donors (Lipinski definition) is 2. The van der Waals surface area contributed by atoms with Gasteiger partial charge in [-0.15, -0.1) is 11.8 Å². The molecule has 0 saturated heterocycles. The van der Waals surface area contributed by atoms with E-state index in [2.05, 4.69) is 10.6 Å². The topological polar surface area (TPSA) is 58.2 Å². The molecule has 2 rings (SSSR count). The molecule has 3 amide bonds. The van der Waals surface area contributed by atoms with E-state index < -0.39 is 28.8 Å². The van der Waals surface area contributed by atoms with Crippen molar-refractivity contribution in [1.82, 2.24) is 10.6 Å². The van der Waals surface area contributed by atoms with Gasteiger partial charge < -0.3 is 5.32 Å². The van der Waals surface area contributed by atoms with Crippen molar-refractivity contribution in [3.63, 3.8) is 0 Å². The number of nitrogens with one attached hydrogen (secondary N) is 2. The van der Waals surface area contributed by atoms with Crippen molar-refractivity contribution in [1.29, 1.82) is 0 Å². The van der Waals surface area contributed by atoms with Gasteiger partial charge in [-0.2, -0.15) is 0 Å². The molecule has 4 nitrogen and oxygen atoms in total. The second-order valence-corrected chi connectivity index (χ2v) is 6.66. The Balaban J connectivity index is 1.84. The van der Waals surface area contributed by atoms with Gasteiger partial charge in [-0.1, -0.05) is 12.8 Å². The molecule has 0 aromatic heterocycles. The van der Waals surface area contributed by atoms with Crippen LogP contribution in [0.25, 0.3) is 0 Å². The highest BCUT2D eigenvalue weighted by Crippen LogP contribution is 2.26. The number of amides is 3. The maximum atomic E-state index is 13.5. The first-order chi connectivity index (χ1) is 10.5. The van der Waals surface area contributed by atoms with Crippen molar-refractivity contribution in [3.8, 4) is 0 Å². The third-order valence-corrected chi connectivity index (χ3v) is 4.65. The number of rotatable bonds is 4. The lowest BCUT2D eigenvalue weighted by Gasteiger charge is -2.15. The van der Waals surface area contributed by atoms with Gasteiger partial charge in [-0.25, -0.2) is 13.6 Å². The highest BCUT2D eigenvalue weighted by Gasteiger charge is 2.21. The standard InChI is InChI=1S/C15H18F2N2O2S/c1-9(22-13-7-6-10(16)8-12(13)17)14(20)19-15(21)18-11-4-2-3-5-11/h6-9,11H,2-5H2,1H3,(H2,18,19,20,21)/t9-/m1/s1. The van der Waals surface area contributed by atoms with E-state index in [1.807, 2.05) is 0 Å². The molecule has 0 unspecified atom stereocenters. The van der Waals surface area contributed by atoms with Crippen LogP contribution in [-0.2, 0) is 4.79 Å². The largest absolute Gasteiger partial charge is 0.335 e. The first kappa shape index (κ1) is 16.7. The predicted molar refractivity (Wildman–Crippen MR) is 80.6 cm³/mol. The first-order valence-corrected chi connectivity index (χ1v) is 8.06. The number of carbonyl (C=O) groups is 2. The molecule has 7 heteroatoms. The van der Waals surface area contributed by atoms with Crippen LogP contribution in [-0.4, -0.2) is 23.2 Å². The van der Waals surface area contributed by atoms with Crippen LogP contribution in [0, 0.1) is 11.6 Å². The zero-order chi connectivity index (χ0) is 16.1. The predicted octanol–water partition coefficient (Wildman–Crippen LogP) is 3.21. The number of thioether (sulfide) groups is 1. The van der Waals surface area contributed by atoms with Crippen molar-refractivity contribution < 1.29 is 18.4 Å². The Morgan fingerprint density at radius 3 is 2.59 bits per heavy atom. The van der Waals surface area contributed by atoms with Crippen molar-refractivity contribution in [3.05, 3.63) is 29.8 Å². The smallest absolute Gasteiger partial charge is 0.321 e. The molecule has 1 aromatic rings. The minimum absolute atomic E-state index is 0.116. The summed E-state index contributed by atoms with van der Waals surface area (Å²) in [6.45, 7) is 1.56. The number of urea groups is 1. The van der Waals surface area contributed by atoms with Crippen LogP contribution >= 0.6 is 11.8 Å². The zero-order valence-corrected chi connectivity index (χ0v) is 13.0. The van der Waals surface area contributed by atoms with Crippen LogP contribution in [0.5, 0.6) is 0 Å². The molecule has 0 bridgehead atoms. The maximum Gasteiger partial charge on any atom is 0.321 e. The minimum atomic E-state index is -0.722. The summed E-state index contributed by atoms with van der Waals surface area (Å²) < 4.78 is 26.4. The molecule has 1 saturated carbocycles. The normalized spacial score (nSPS) is 16.3. The Hall–Kier alpha value is -1.63. The van der Waals surface area contributed by atoms with Gasteiger partial charge in [-0.3, -0.25) is 10.1 Å². The van der Waals surface area contributed by atoms with Crippen molar-refractivity contribution in [2.45, 2.75) is 48.8 Å². The number of hydrogen-bond acceptors (Lipinski definition) is 3. The van der Waals surface area contributed by atoms with Crippen molar-refractivity contribution in [2.75, 3.05) is 0 Å². The highest BCUT2D eigenvalue weighted by atomic mass is 32.2. The van der Waals surface area contributed by atoms with Crippen LogP contribution in [0.15, 0.2) is 23.1 Å². The van der Waals surface area contributed by atoms with Gasteiger partial charge >= 0.3 is 6.03 Å². The fraction of sp³-hybridized carbons (Fsp3) is 0.467. The van der Waals surface area contributed by atoms with Gasteiger partial charge in [-0.05, 0) is 31.9 Å². The summed E-state index contributed by atoms with van der Waals surface area (Å²) in [5.41, 5.74) is 0. The van der Waals surface area contributed by atoms with Gasteiger partial charge in [0.05, 0.1) is 5.25 Å². The minimum Gasteiger partial charge on any atom is -0.335 e. The summed E-state index contributed by atoms with van der Waals surface area (Å²) in [6.07, 6.45) is 4.00. The second kappa shape index (κ2) is 7.58. The fourth-order valence-corrected chi connectivity index (χ4v) is 3.18. The molecule has 1 fully saturated rings. The average Bonchev–Trinajstić information content (AvgIpc) is 2.94. The Bertz CT molecular complexity index is 562. The van der Waals surface area contributed by atoms with Crippen LogP contribution in [0.4, 0.5) is 13.6 Å². The lowest BCUT2D eigenvalue weighted by molar-refractivity contribution is -0.119. The van der Waals surface area contributed by atoms with E-state index in [0.29, 0.717) is 0 Å². The van der Waals surface area contributed by atoms with Crippen LogP contribution < -0.4 is 10.6 Å². The third-order valence-electron chi connectivity index (χ3n) is 3.49. The number of imide groups is 1. The SMILES string of the molecule is C[C@@H](Sc1ccc(F)cc1F)C(=O)NC(=O)NC1CCCC1. The van der Waals surface area contributed by atoms with E-state index in [1.165, 1.54) is 6.07 Å². The quantitative estimate of drug-likeness (QED) is 0.835. The average molecular weight is 328 g/mol. The molecule has 0 spiro atoms. The Labute approximate surface area is 132 Å². The molecular formula is C15H18F2N2O2S. The van der Waals surface area contributed by atoms with E-state index in [9.17, 15) is 18.4 Å². The highest BCUT2D eigenvalue weighted by molar-refractivity contribution is 8.00. The van der Waals surface area contributed by atoms with Gasteiger partial charge in [0.25, 0.3) is 0 Å². The van der Waals surface area contributed by atoms with E-state index in [-0.39, 0.29) is 10.9 Å². The van der Waals surface area contributed by atoms with E-state index >= 15 is 0 Å². The molecule has 0 radical (unpaired) electrons. The third kappa shape index (κ3) is 4.69. The van der Waals surface area contributed by atoms with E-state index in [0.717, 1.165) is 49.6 Å². The molecule has 0 aliphatic heterocycles. The molecule has 1 aliphatic rings. The molecule has 1 aliphatic carbocycles. The molecule has 120 valence electrons. The first-order valence-electron chi connectivity index (χ1n) is 7.19. The molecule has 2 N–H and O–H groups in total.